The topological polar surface area (TPSA) is 52.6 Å². The van der Waals surface area contributed by atoms with Crippen molar-refractivity contribution in [3.05, 3.63) is 12.2 Å². The molecule has 0 aromatic carbocycles. The molecule has 0 fully saturated rings. The summed E-state index contributed by atoms with van der Waals surface area (Å²) in [5.74, 6) is 0. The fourth-order valence-electron chi connectivity index (χ4n) is 1.57. The van der Waals surface area contributed by atoms with Crippen LogP contribution in [0, 0.1) is 0 Å². The van der Waals surface area contributed by atoms with Gasteiger partial charge in [-0.1, -0.05) is 32.9 Å². The Bertz CT molecular complexity index is 420. The van der Waals surface area contributed by atoms with Gasteiger partial charge in [0.05, 0.1) is 18.5 Å². The zero-order valence-electron chi connectivity index (χ0n) is 12.1. The quantitative estimate of drug-likeness (QED) is 0.454. The summed E-state index contributed by atoms with van der Waals surface area (Å²) in [6, 6.07) is 0. The van der Waals surface area contributed by atoms with E-state index in [0.717, 1.165) is 6.26 Å². The molecule has 0 aliphatic heterocycles. The molecule has 0 saturated heterocycles. The summed E-state index contributed by atoms with van der Waals surface area (Å²) in [4.78, 5) is 0. The Hall–Kier alpha value is -0.173. The maximum Gasteiger partial charge on any atom is 0.264 e. The summed E-state index contributed by atoms with van der Waals surface area (Å²) in [6.07, 6.45) is 4.94. The number of hydrogen-bond donors (Lipinski definition) is 0. The third-order valence-electron chi connectivity index (χ3n) is 3.56. The van der Waals surface area contributed by atoms with Crippen LogP contribution in [0.4, 0.5) is 0 Å². The van der Waals surface area contributed by atoms with Crippen LogP contribution in [0.1, 0.15) is 27.2 Å². The van der Waals surface area contributed by atoms with Crippen molar-refractivity contribution in [2.45, 2.75) is 57.5 Å². The molecule has 0 aromatic rings. The SMILES string of the molecule is CC(C)(C)[Si](C)(C)O[C@@H]1C=C[C@H](OS(C)(=O)=O)C1. The molecule has 0 aromatic heterocycles. The van der Waals surface area contributed by atoms with E-state index in [4.69, 9.17) is 8.61 Å². The molecule has 0 bridgehead atoms. The Labute approximate surface area is 112 Å². The molecule has 106 valence electrons. The van der Waals surface area contributed by atoms with Gasteiger partial charge in [-0.3, -0.25) is 4.18 Å². The fourth-order valence-corrected chi connectivity index (χ4v) is 3.45. The first kappa shape index (κ1) is 15.9. The highest BCUT2D eigenvalue weighted by molar-refractivity contribution is 7.86. The van der Waals surface area contributed by atoms with Crippen molar-refractivity contribution in [1.82, 2.24) is 0 Å². The van der Waals surface area contributed by atoms with Gasteiger partial charge in [0.15, 0.2) is 8.32 Å². The number of hydrogen-bond acceptors (Lipinski definition) is 4. The van der Waals surface area contributed by atoms with E-state index in [1.54, 1.807) is 6.08 Å². The molecule has 0 amide bonds. The fraction of sp³-hybridized carbons (Fsp3) is 0.833. The second-order valence-electron chi connectivity index (χ2n) is 6.38. The van der Waals surface area contributed by atoms with Crippen molar-refractivity contribution in [3.63, 3.8) is 0 Å². The van der Waals surface area contributed by atoms with E-state index in [9.17, 15) is 8.42 Å². The summed E-state index contributed by atoms with van der Waals surface area (Å²) in [7, 11) is -5.21. The van der Waals surface area contributed by atoms with E-state index in [1.165, 1.54) is 0 Å². The third kappa shape index (κ3) is 4.49. The van der Waals surface area contributed by atoms with Gasteiger partial charge in [0, 0.05) is 6.42 Å². The lowest BCUT2D eigenvalue weighted by Crippen LogP contribution is -2.43. The maximum atomic E-state index is 11.1. The smallest absolute Gasteiger partial charge is 0.264 e. The highest BCUT2D eigenvalue weighted by Crippen LogP contribution is 2.38. The summed E-state index contributed by atoms with van der Waals surface area (Å²) in [5.41, 5.74) is 0. The van der Waals surface area contributed by atoms with Gasteiger partial charge in [-0.05, 0) is 18.1 Å². The second kappa shape index (κ2) is 5.07. The van der Waals surface area contributed by atoms with Crippen LogP contribution in [0.3, 0.4) is 0 Å². The molecule has 1 rings (SSSR count). The minimum absolute atomic E-state index is 0.0300. The molecule has 1 aliphatic carbocycles. The van der Waals surface area contributed by atoms with E-state index < -0.39 is 18.4 Å². The first-order chi connectivity index (χ1) is 7.91. The molecule has 6 heteroatoms. The Kier molecular flexibility index (Phi) is 4.48. The van der Waals surface area contributed by atoms with Gasteiger partial charge in [-0.25, -0.2) is 0 Å². The van der Waals surface area contributed by atoms with Crippen molar-refractivity contribution in [2.24, 2.45) is 0 Å². The summed E-state index contributed by atoms with van der Waals surface area (Å²) in [6.45, 7) is 10.9. The zero-order valence-corrected chi connectivity index (χ0v) is 13.9. The monoisotopic (exact) mass is 292 g/mol. The van der Waals surface area contributed by atoms with E-state index in [2.05, 4.69) is 33.9 Å². The molecular formula is C12H24O4SSi. The van der Waals surface area contributed by atoms with Gasteiger partial charge in [0.1, 0.15) is 0 Å². The highest BCUT2D eigenvalue weighted by Gasteiger charge is 2.40. The van der Waals surface area contributed by atoms with Crippen LogP contribution in [0.2, 0.25) is 18.1 Å². The lowest BCUT2D eigenvalue weighted by molar-refractivity contribution is 0.173. The third-order valence-corrected chi connectivity index (χ3v) is 8.66. The average molecular weight is 292 g/mol. The predicted molar refractivity (Wildman–Crippen MR) is 75.5 cm³/mol. The van der Waals surface area contributed by atoms with Gasteiger partial charge < -0.3 is 4.43 Å². The van der Waals surface area contributed by atoms with E-state index in [1.807, 2.05) is 6.08 Å². The zero-order chi connectivity index (χ0) is 14.2. The first-order valence-corrected chi connectivity index (χ1v) is 10.9. The number of rotatable bonds is 4. The van der Waals surface area contributed by atoms with Crippen LogP contribution in [-0.4, -0.2) is 35.2 Å². The molecule has 0 spiro atoms. The normalized spacial score (nSPS) is 25.7. The van der Waals surface area contributed by atoms with Gasteiger partial charge in [0.25, 0.3) is 10.1 Å². The summed E-state index contributed by atoms with van der Waals surface area (Å²) in [5, 5.41) is 0.149. The van der Waals surface area contributed by atoms with Crippen LogP contribution in [0.5, 0.6) is 0 Å². The van der Waals surface area contributed by atoms with E-state index in [-0.39, 0.29) is 17.2 Å². The van der Waals surface area contributed by atoms with Crippen molar-refractivity contribution >= 4 is 18.4 Å². The summed E-state index contributed by atoms with van der Waals surface area (Å²) < 4.78 is 33.2. The van der Waals surface area contributed by atoms with Crippen LogP contribution < -0.4 is 0 Å². The molecule has 1 aliphatic rings. The van der Waals surface area contributed by atoms with E-state index >= 15 is 0 Å². The molecule has 0 heterocycles. The molecule has 0 N–H and O–H groups in total. The summed E-state index contributed by atoms with van der Waals surface area (Å²) >= 11 is 0. The molecule has 0 unspecified atom stereocenters. The molecular weight excluding hydrogens is 268 g/mol. The minimum atomic E-state index is -3.40. The van der Waals surface area contributed by atoms with Crippen LogP contribution in [0.25, 0.3) is 0 Å². The van der Waals surface area contributed by atoms with Crippen molar-refractivity contribution in [2.75, 3.05) is 6.26 Å². The van der Waals surface area contributed by atoms with Gasteiger partial charge >= 0.3 is 0 Å². The standard InChI is InChI=1S/C12H24O4SSi/c1-12(2,3)18(5,6)16-11-8-7-10(9-11)15-17(4,13)14/h7-8,10-11H,9H2,1-6H3/t10-,11+/m0/s1. The van der Waals surface area contributed by atoms with Crippen LogP contribution in [-0.2, 0) is 18.7 Å². The lowest BCUT2D eigenvalue weighted by atomic mass is 10.2. The Morgan fingerprint density at radius 1 is 1.17 bits per heavy atom. The van der Waals surface area contributed by atoms with Gasteiger partial charge in [0.2, 0.25) is 0 Å². The molecule has 18 heavy (non-hydrogen) atoms. The lowest BCUT2D eigenvalue weighted by Gasteiger charge is -2.38. The van der Waals surface area contributed by atoms with Gasteiger partial charge in [-0.2, -0.15) is 8.42 Å². The highest BCUT2D eigenvalue weighted by atomic mass is 32.2. The molecule has 0 saturated carbocycles. The van der Waals surface area contributed by atoms with Crippen molar-refractivity contribution < 1.29 is 17.0 Å². The maximum absolute atomic E-state index is 11.1. The Morgan fingerprint density at radius 2 is 1.67 bits per heavy atom. The largest absolute Gasteiger partial charge is 0.410 e. The minimum Gasteiger partial charge on any atom is -0.410 e. The van der Waals surface area contributed by atoms with Gasteiger partial charge in [-0.15, -0.1) is 0 Å². The van der Waals surface area contributed by atoms with E-state index in [0.29, 0.717) is 6.42 Å². The Balaban J connectivity index is 2.57. The van der Waals surface area contributed by atoms with Crippen molar-refractivity contribution in [1.29, 1.82) is 0 Å². The van der Waals surface area contributed by atoms with Crippen LogP contribution >= 0.6 is 0 Å². The molecule has 0 radical (unpaired) electrons. The van der Waals surface area contributed by atoms with Crippen molar-refractivity contribution in [3.8, 4) is 0 Å². The predicted octanol–water partition coefficient (Wildman–Crippen LogP) is 2.68. The first-order valence-electron chi connectivity index (χ1n) is 6.15. The molecule has 2 atom stereocenters. The second-order valence-corrected chi connectivity index (χ2v) is 12.7. The Morgan fingerprint density at radius 3 is 2.11 bits per heavy atom. The average Bonchev–Trinajstić information content (AvgIpc) is 2.45. The molecule has 4 nitrogen and oxygen atoms in total. The van der Waals surface area contributed by atoms with Crippen LogP contribution in [0.15, 0.2) is 12.2 Å².